The number of likely N-dealkylation sites (N-methyl/N-ethyl adjacent to an activating group) is 1. The summed E-state index contributed by atoms with van der Waals surface area (Å²) in [4.78, 5) is 14.2. The van der Waals surface area contributed by atoms with E-state index in [2.05, 4.69) is 36.3 Å². The number of hydrogen-bond donors (Lipinski definition) is 2. The molecule has 1 atom stereocenters. The summed E-state index contributed by atoms with van der Waals surface area (Å²) in [5.41, 5.74) is -0.107. The van der Waals surface area contributed by atoms with Crippen LogP contribution in [0.2, 0.25) is 0 Å². The van der Waals surface area contributed by atoms with Crippen LogP contribution in [-0.2, 0) is 4.79 Å². The maximum absolute atomic E-state index is 12.0. The zero-order valence-electron chi connectivity index (χ0n) is 11.1. The molecule has 1 heterocycles. The molecule has 0 spiro atoms. The minimum atomic E-state index is -0.107. The first-order valence-corrected chi connectivity index (χ1v) is 6.12. The van der Waals surface area contributed by atoms with Gasteiger partial charge in [-0.2, -0.15) is 0 Å². The summed E-state index contributed by atoms with van der Waals surface area (Å²) in [6, 6.07) is 0.448. The highest BCUT2D eigenvalue weighted by atomic mass is 16.2. The van der Waals surface area contributed by atoms with Crippen LogP contribution in [0.5, 0.6) is 0 Å². The van der Waals surface area contributed by atoms with E-state index in [4.69, 9.17) is 0 Å². The Morgan fingerprint density at radius 2 is 2.12 bits per heavy atom. The van der Waals surface area contributed by atoms with Gasteiger partial charge in [-0.05, 0) is 34.2 Å². The van der Waals surface area contributed by atoms with Crippen LogP contribution in [0.1, 0.15) is 34.1 Å². The van der Waals surface area contributed by atoms with E-state index in [1.54, 1.807) is 0 Å². The topological polar surface area (TPSA) is 44.4 Å². The van der Waals surface area contributed by atoms with Gasteiger partial charge in [-0.15, -0.1) is 0 Å². The fraction of sp³-hybridized carbons (Fsp3) is 0.917. The summed E-state index contributed by atoms with van der Waals surface area (Å²) in [5, 5.41) is 6.31. The molecule has 0 aromatic rings. The van der Waals surface area contributed by atoms with E-state index in [9.17, 15) is 4.79 Å². The Morgan fingerprint density at radius 3 is 2.50 bits per heavy atom. The summed E-state index contributed by atoms with van der Waals surface area (Å²) in [5.74, 6) is 0.126. The number of rotatable bonds is 5. The van der Waals surface area contributed by atoms with Gasteiger partial charge < -0.3 is 10.6 Å². The monoisotopic (exact) mass is 227 g/mol. The molecular formula is C12H25N3O. The first kappa shape index (κ1) is 13.5. The van der Waals surface area contributed by atoms with Crippen molar-refractivity contribution in [1.82, 2.24) is 15.5 Å². The lowest BCUT2D eigenvalue weighted by Crippen LogP contribution is -2.61. The highest BCUT2D eigenvalue weighted by Crippen LogP contribution is 2.11. The van der Waals surface area contributed by atoms with Gasteiger partial charge in [0.2, 0.25) is 5.91 Å². The molecule has 1 fully saturated rings. The van der Waals surface area contributed by atoms with Crippen LogP contribution >= 0.6 is 0 Å². The number of hydrogen-bond acceptors (Lipinski definition) is 3. The first-order chi connectivity index (χ1) is 7.37. The molecule has 1 saturated heterocycles. The van der Waals surface area contributed by atoms with E-state index < -0.39 is 0 Å². The van der Waals surface area contributed by atoms with Crippen molar-refractivity contribution in [2.24, 2.45) is 0 Å². The van der Waals surface area contributed by atoms with Gasteiger partial charge in [-0.3, -0.25) is 9.69 Å². The molecule has 4 nitrogen and oxygen atoms in total. The zero-order valence-corrected chi connectivity index (χ0v) is 11.1. The molecule has 1 amide bonds. The smallest absolute Gasteiger partial charge is 0.237 e. The van der Waals surface area contributed by atoms with E-state index in [1.165, 1.54) is 0 Å². The molecule has 0 radical (unpaired) electrons. The number of nitrogens with zero attached hydrogens (tertiary/aromatic N) is 1. The molecule has 1 rings (SSSR count). The Hall–Kier alpha value is -0.610. The van der Waals surface area contributed by atoms with Crippen LogP contribution in [0.4, 0.5) is 0 Å². The van der Waals surface area contributed by atoms with Crippen molar-refractivity contribution in [3.05, 3.63) is 0 Å². The number of amides is 1. The summed E-state index contributed by atoms with van der Waals surface area (Å²) in [6.45, 7) is 10.2. The Kier molecular flexibility index (Phi) is 4.33. The normalized spacial score (nSPS) is 19.4. The van der Waals surface area contributed by atoms with Crippen molar-refractivity contribution in [1.29, 1.82) is 0 Å². The standard InChI is InChI=1S/C12H25N3O/c1-6-12(3,4)14-11(16)9(2)15(5)10-7-13-8-10/h9-10,13H,6-8H2,1-5H3,(H,14,16). The van der Waals surface area contributed by atoms with Crippen molar-refractivity contribution >= 4 is 5.91 Å². The van der Waals surface area contributed by atoms with Gasteiger partial charge in [0.25, 0.3) is 0 Å². The average molecular weight is 227 g/mol. The average Bonchev–Trinajstić information content (AvgIpc) is 2.13. The predicted octanol–water partition coefficient (Wildman–Crippen LogP) is 0.583. The summed E-state index contributed by atoms with van der Waals surface area (Å²) >= 11 is 0. The molecule has 4 heteroatoms. The molecular weight excluding hydrogens is 202 g/mol. The zero-order chi connectivity index (χ0) is 12.3. The fourth-order valence-corrected chi connectivity index (χ4v) is 1.59. The van der Waals surface area contributed by atoms with Gasteiger partial charge in [0.15, 0.2) is 0 Å². The molecule has 0 aromatic carbocycles. The first-order valence-electron chi connectivity index (χ1n) is 6.12. The summed E-state index contributed by atoms with van der Waals surface area (Å²) in [7, 11) is 2.02. The highest BCUT2D eigenvalue weighted by molar-refractivity contribution is 5.82. The lowest BCUT2D eigenvalue weighted by atomic mass is 10.0. The third kappa shape index (κ3) is 3.19. The van der Waals surface area contributed by atoms with Gasteiger partial charge >= 0.3 is 0 Å². The molecule has 0 saturated carbocycles. The van der Waals surface area contributed by atoms with Crippen molar-refractivity contribution in [2.75, 3.05) is 20.1 Å². The van der Waals surface area contributed by atoms with Gasteiger partial charge in [-0.25, -0.2) is 0 Å². The lowest BCUT2D eigenvalue weighted by Gasteiger charge is -2.39. The van der Waals surface area contributed by atoms with Crippen LogP contribution in [-0.4, -0.2) is 48.6 Å². The third-order valence-corrected chi connectivity index (χ3v) is 3.67. The van der Waals surface area contributed by atoms with E-state index in [0.717, 1.165) is 19.5 Å². The maximum Gasteiger partial charge on any atom is 0.237 e. The predicted molar refractivity (Wildman–Crippen MR) is 66.4 cm³/mol. The molecule has 2 N–H and O–H groups in total. The number of carbonyl (C=O) groups excluding carboxylic acids is 1. The largest absolute Gasteiger partial charge is 0.350 e. The second-order valence-electron chi connectivity index (χ2n) is 5.38. The molecule has 1 unspecified atom stereocenters. The molecule has 0 aliphatic carbocycles. The van der Waals surface area contributed by atoms with Crippen LogP contribution in [0.3, 0.4) is 0 Å². The molecule has 0 aromatic heterocycles. The van der Waals surface area contributed by atoms with Crippen molar-refractivity contribution in [3.8, 4) is 0 Å². The second-order valence-corrected chi connectivity index (χ2v) is 5.38. The van der Waals surface area contributed by atoms with Crippen LogP contribution in [0.25, 0.3) is 0 Å². The van der Waals surface area contributed by atoms with Crippen molar-refractivity contribution in [3.63, 3.8) is 0 Å². The fourth-order valence-electron chi connectivity index (χ4n) is 1.59. The van der Waals surface area contributed by atoms with E-state index in [-0.39, 0.29) is 17.5 Å². The van der Waals surface area contributed by atoms with E-state index >= 15 is 0 Å². The molecule has 1 aliphatic heterocycles. The Balaban J connectivity index is 2.46. The third-order valence-electron chi connectivity index (χ3n) is 3.67. The van der Waals surface area contributed by atoms with Crippen LogP contribution in [0, 0.1) is 0 Å². The van der Waals surface area contributed by atoms with E-state index in [0.29, 0.717) is 6.04 Å². The Labute approximate surface area is 98.8 Å². The highest BCUT2D eigenvalue weighted by Gasteiger charge is 2.30. The maximum atomic E-state index is 12.0. The molecule has 0 bridgehead atoms. The van der Waals surface area contributed by atoms with Crippen LogP contribution in [0.15, 0.2) is 0 Å². The number of nitrogens with one attached hydrogen (secondary N) is 2. The summed E-state index contributed by atoms with van der Waals surface area (Å²) in [6.07, 6.45) is 0.945. The Morgan fingerprint density at radius 1 is 1.56 bits per heavy atom. The van der Waals surface area contributed by atoms with Gasteiger partial charge in [0.05, 0.1) is 6.04 Å². The van der Waals surface area contributed by atoms with E-state index in [1.807, 2.05) is 14.0 Å². The van der Waals surface area contributed by atoms with Crippen LogP contribution < -0.4 is 10.6 Å². The van der Waals surface area contributed by atoms with Gasteiger partial charge in [0, 0.05) is 24.7 Å². The minimum absolute atomic E-state index is 0.0575. The summed E-state index contributed by atoms with van der Waals surface area (Å²) < 4.78 is 0. The molecule has 16 heavy (non-hydrogen) atoms. The van der Waals surface area contributed by atoms with Crippen molar-refractivity contribution in [2.45, 2.75) is 51.7 Å². The Bertz CT molecular complexity index is 249. The minimum Gasteiger partial charge on any atom is -0.350 e. The lowest BCUT2D eigenvalue weighted by molar-refractivity contribution is -0.128. The quantitative estimate of drug-likeness (QED) is 0.722. The van der Waals surface area contributed by atoms with Gasteiger partial charge in [-0.1, -0.05) is 6.92 Å². The SMILES string of the molecule is CCC(C)(C)NC(=O)C(C)N(C)C1CNC1. The molecule has 94 valence electrons. The molecule has 1 aliphatic rings. The second kappa shape index (κ2) is 5.15. The van der Waals surface area contributed by atoms with Gasteiger partial charge in [0.1, 0.15) is 0 Å². The number of carbonyl (C=O) groups is 1. The van der Waals surface area contributed by atoms with Crippen molar-refractivity contribution < 1.29 is 4.79 Å².